The van der Waals surface area contributed by atoms with Gasteiger partial charge in [0.05, 0.1) is 26.9 Å². The number of hydrogen-bond donors (Lipinski definition) is 1. The maximum absolute atomic E-state index is 10.4. The molecule has 3 rings (SSSR count). The van der Waals surface area contributed by atoms with Crippen molar-refractivity contribution in [1.82, 2.24) is 9.80 Å². The Balaban J connectivity index is 0.000000215. The fourth-order valence-corrected chi connectivity index (χ4v) is 3.62. The van der Waals surface area contributed by atoms with Crippen molar-refractivity contribution >= 4 is 17.1 Å². The van der Waals surface area contributed by atoms with E-state index in [0.29, 0.717) is 12.1 Å². The lowest BCUT2D eigenvalue weighted by atomic mass is 10.2. The predicted octanol–water partition coefficient (Wildman–Crippen LogP) is 3.08. The van der Waals surface area contributed by atoms with Crippen molar-refractivity contribution in [2.75, 3.05) is 39.3 Å². The van der Waals surface area contributed by atoms with Gasteiger partial charge in [-0.2, -0.15) is 0 Å². The van der Waals surface area contributed by atoms with Crippen molar-refractivity contribution in [2.24, 2.45) is 0 Å². The van der Waals surface area contributed by atoms with E-state index in [1.54, 1.807) is 0 Å². The summed E-state index contributed by atoms with van der Waals surface area (Å²) in [5.41, 5.74) is -3.00. The maximum Gasteiger partial charge on any atom is 0.324 e. The van der Waals surface area contributed by atoms with Gasteiger partial charge in [0.25, 0.3) is 11.4 Å². The molecule has 12 heteroatoms. The third-order valence-corrected chi connectivity index (χ3v) is 5.29. The minimum Gasteiger partial charge on any atom is -0.497 e. The number of hydrogen-bond acceptors (Lipinski definition) is 9. The Morgan fingerprint density at radius 1 is 0.633 bits per heavy atom. The van der Waals surface area contributed by atoms with E-state index in [4.69, 9.17) is 5.11 Å². The highest BCUT2D eigenvalue weighted by Crippen LogP contribution is 2.38. The molecule has 0 saturated carbocycles. The molecule has 0 aromatic heterocycles. The SMILES string of the molecule is C1CCN2CCCCCN(CC1)CC2.O=[N+]([O-])c1cc([N+](=O)[O-])c(O)c([N+](=O)[O-])c1. The lowest BCUT2D eigenvalue weighted by Gasteiger charge is -2.23. The van der Waals surface area contributed by atoms with Gasteiger partial charge in [0.15, 0.2) is 0 Å². The summed E-state index contributed by atoms with van der Waals surface area (Å²) < 4.78 is 0. The quantitative estimate of drug-likeness (QED) is 0.567. The van der Waals surface area contributed by atoms with Crippen molar-refractivity contribution in [3.63, 3.8) is 0 Å². The van der Waals surface area contributed by atoms with Crippen LogP contribution in [0, 0.1) is 30.3 Å². The van der Waals surface area contributed by atoms with Gasteiger partial charge in [-0.25, -0.2) is 0 Å². The van der Waals surface area contributed by atoms with Gasteiger partial charge in [0, 0.05) is 13.1 Å². The highest BCUT2D eigenvalue weighted by molar-refractivity contribution is 5.64. The molecule has 0 unspecified atom stereocenters. The number of benzene rings is 1. The normalized spacial score (nSPS) is 22.0. The molecule has 2 fully saturated rings. The van der Waals surface area contributed by atoms with Gasteiger partial charge in [-0.05, 0) is 51.9 Å². The molecule has 1 aromatic rings. The maximum atomic E-state index is 10.4. The zero-order valence-corrected chi connectivity index (χ0v) is 16.8. The lowest BCUT2D eigenvalue weighted by Crippen LogP contribution is -2.34. The second-order valence-corrected chi connectivity index (χ2v) is 7.41. The molecule has 0 spiro atoms. The lowest BCUT2D eigenvalue weighted by molar-refractivity contribution is -0.404. The molecule has 12 nitrogen and oxygen atoms in total. The van der Waals surface area contributed by atoms with E-state index in [-0.39, 0.29) is 0 Å². The molecule has 2 heterocycles. The van der Waals surface area contributed by atoms with Crippen LogP contribution in [0.3, 0.4) is 0 Å². The summed E-state index contributed by atoms with van der Waals surface area (Å²) >= 11 is 0. The van der Waals surface area contributed by atoms with Gasteiger partial charge in [-0.1, -0.05) is 12.8 Å². The first kappa shape index (κ1) is 23.4. The number of phenolic OH excluding ortho intramolecular Hbond substituents is 1. The largest absolute Gasteiger partial charge is 0.497 e. The first-order chi connectivity index (χ1) is 14.3. The topological polar surface area (TPSA) is 156 Å². The van der Waals surface area contributed by atoms with Crippen LogP contribution in [0.4, 0.5) is 17.1 Å². The van der Waals surface area contributed by atoms with E-state index in [1.165, 1.54) is 77.8 Å². The van der Waals surface area contributed by atoms with Crippen LogP contribution in [0.25, 0.3) is 0 Å². The molecule has 2 aliphatic rings. The number of phenols is 1. The van der Waals surface area contributed by atoms with Crippen LogP contribution in [0.2, 0.25) is 0 Å². The van der Waals surface area contributed by atoms with Crippen LogP contribution < -0.4 is 0 Å². The Hall–Kier alpha value is -2.86. The summed E-state index contributed by atoms with van der Waals surface area (Å²) in [6.07, 6.45) is 8.57. The third kappa shape index (κ3) is 6.88. The molecule has 2 aliphatic heterocycles. The number of nitro benzene ring substituents is 3. The second kappa shape index (κ2) is 11.4. The van der Waals surface area contributed by atoms with Crippen LogP contribution in [-0.4, -0.2) is 68.9 Å². The molecular weight excluding hydrogens is 398 g/mol. The van der Waals surface area contributed by atoms with Gasteiger partial charge < -0.3 is 14.9 Å². The summed E-state index contributed by atoms with van der Waals surface area (Å²) in [5.74, 6) is -1.21. The van der Waals surface area contributed by atoms with Gasteiger partial charge in [-0.15, -0.1) is 0 Å². The molecule has 0 atom stereocenters. The summed E-state index contributed by atoms with van der Waals surface area (Å²) in [5, 5.41) is 40.2. The minimum atomic E-state index is -1.21. The van der Waals surface area contributed by atoms with Gasteiger partial charge in [0.2, 0.25) is 0 Å². The van der Waals surface area contributed by atoms with Crippen molar-refractivity contribution < 1.29 is 19.9 Å². The fraction of sp³-hybridized carbons (Fsp3) is 0.667. The van der Waals surface area contributed by atoms with Gasteiger partial charge in [0.1, 0.15) is 0 Å². The number of rotatable bonds is 3. The Morgan fingerprint density at radius 2 is 1.00 bits per heavy atom. The summed E-state index contributed by atoms with van der Waals surface area (Å²) in [6.45, 7) is 8.06. The zero-order chi connectivity index (χ0) is 22.1. The molecule has 0 radical (unpaired) electrons. The average molecular weight is 425 g/mol. The van der Waals surface area contributed by atoms with Crippen LogP contribution in [0.1, 0.15) is 38.5 Å². The van der Waals surface area contributed by atoms with Crippen LogP contribution in [-0.2, 0) is 0 Å². The summed E-state index contributed by atoms with van der Waals surface area (Å²) in [7, 11) is 0. The highest BCUT2D eigenvalue weighted by atomic mass is 16.6. The molecule has 0 aliphatic carbocycles. The van der Waals surface area contributed by atoms with Crippen molar-refractivity contribution in [2.45, 2.75) is 38.5 Å². The summed E-state index contributed by atoms with van der Waals surface area (Å²) in [6, 6.07) is 0.894. The minimum absolute atomic E-state index is 0.447. The first-order valence-electron chi connectivity index (χ1n) is 10.0. The van der Waals surface area contributed by atoms with E-state index in [2.05, 4.69) is 9.80 Å². The average Bonchev–Trinajstić information content (AvgIpc) is 2.86. The van der Waals surface area contributed by atoms with Crippen LogP contribution >= 0.6 is 0 Å². The summed E-state index contributed by atoms with van der Waals surface area (Å²) in [4.78, 5) is 33.1. The van der Waals surface area contributed by atoms with Gasteiger partial charge >= 0.3 is 11.4 Å². The van der Waals surface area contributed by atoms with Crippen molar-refractivity contribution in [1.29, 1.82) is 0 Å². The molecule has 1 aromatic carbocycles. The van der Waals surface area contributed by atoms with Crippen molar-refractivity contribution in [3.8, 4) is 5.75 Å². The van der Waals surface area contributed by atoms with E-state index in [0.717, 1.165) is 0 Å². The van der Waals surface area contributed by atoms with E-state index < -0.39 is 37.6 Å². The number of nitro groups is 3. The smallest absolute Gasteiger partial charge is 0.324 e. The van der Waals surface area contributed by atoms with Crippen LogP contribution in [0.5, 0.6) is 5.75 Å². The Morgan fingerprint density at radius 3 is 1.30 bits per heavy atom. The standard InChI is InChI=1S/C12H24N2.C6H3N3O7/c1-3-7-13-9-5-2-6-10-14(8-4-1)12-11-13;10-6-4(8(13)14)1-3(7(11)12)2-5(6)9(15)16/h1-12H2;1-2,10H. The molecule has 0 amide bonds. The van der Waals surface area contributed by atoms with Crippen LogP contribution in [0.15, 0.2) is 12.1 Å². The van der Waals surface area contributed by atoms with Crippen molar-refractivity contribution in [3.05, 3.63) is 42.5 Å². The first-order valence-corrected chi connectivity index (χ1v) is 10.0. The van der Waals surface area contributed by atoms with E-state index in [9.17, 15) is 30.3 Å². The molecule has 1 N–H and O–H groups in total. The number of aromatic hydroxyl groups is 1. The number of nitrogens with zero attached hydrogens (tertiary/aromatic N) is 5. The Labute approximate surface area is 173 Å². The molecule has 2 bridgehead atoms. The molecule has 166 valence electrons. The molecular formula is C18H27N5O7. The Kier molecular flexibility index (Phi) is 8.87. The molecule has 30 heavy (non-hydrogen) atoms. The van der Waals surface area contributed by atoms with E-state index >= 15 is 0 Å². The number of fused-ring (bicyclic) bond motifs is 3. The predicted molar refractivity (Wildman–Crippen MR) is 109 cm³/mol. The Bertz CT molecular complexity index is 708. The second-order valence-electron chi connectivity index (χ2n) is 7.41. The van der Waals surface area contributed by atoms with Gasteiger partial charge in [-0.3, -0.25) is 30.3 Å². The monoisotopic (exact) mass is 425 g/mol. The third-order valence-electron chi connectivity index (χ3n) is 5.29. The zero-order valence-electron chi connectivity index (χ0n) is 16.8. The number of non-ortho nitro benzene ring substituents is 1. The highest BCUT2D eigenvalue weighted by Gasteiger charge is 2.30. The van der Waals surface area contributed by atoms with E-state index in [1.807, 2.05) is 0 Å². The fourth-order valence-electron chi connectivity index (χ4n) is 3.62. The molecule has 2 saturated heterocycles.